The van der Waals surface area contributed by atoms with Gasteiger partial charge in [0.1, 0.15) is 11.5 Å². The first-order chi connectivity index (χ1) is 14.3. The summed E-state index contributed by atoms with van der Waals surface area (Å²) in [5, 5.41) is 2.87. The van der Waals surface area contributed by atoms with Crippen molar-refractivity contribution in [1.29, 1.82) is 0 Å². The van der Waals surface area contributed by atoms with Gasteiger partial charge in [0.2, 0.25) is 10.0 Å². The minimum absolute atomic E-state index is 0.247. The Balaban J connectivity index is 1.45. The fraction of sp³-hybridized carbons (Fsp3) is 0.174. The molecule has 3 aromatic rings. The molecule has 0 radical (unpaired) electrons. The van der Waals surface area contributed by atoms with Crippen LogP contribution in [-0.4, -0.2) is 27.1 Å². The number of ether oxygens (including phenoxy) is 1. The maximum absolute atomic E-state index is 12.6. The molecule has 0 fully saturated rings. The number of fused-ring (bicyclic) bond motifs is 1. The van der Waals surface area contributed by atoms with Gasteiger partial charge in [0.05, 0.1) is 11.9 Å². The first-order valence-corrected chi connectivity index (χ1v) is 11.4. The summed E-state index contributed by atoms with van der Waals surface area (Å²) < 4.78 is 31.0. The second-order valence-corrected chi connectivity index (χ2v) is 9.18. The monoisotopic (exact) mass is 422 g/mol. The number of para-hydroxylation sites is 1. The number of benzene rings is 3. The van der Waals surface area contributed by atoms with Gasteiger partial charge >= 0.3 is 0 Å². The molecule has 30 heavy (non-hydrogen) atoms. The lowest BCUT2D eigenvalue weighted by atomic mass is 10.1. The van der Waals surface area contributed by atoms with Crippen LogP contribution in [0.25, 0.3) is 0 Å². The molecule has 0 atom stereocenters. The molecular formula is C23H22N2O4S. The third kappa shape index (κ3) is 4.16. The summed E-state index contributed by atoms with van der Waals surface area (Å²) in [5.41, 5.74) is 3.68. The van der Waals surface area contributed by atoms with Crippen molar-refractivity contribution in [3.8, 4) is 11.5 Å². The van der Waals surface area contributed by atoms with Crippen molar-refractivity contribution in [3.05, 3.63) is 83.4 Å². The summed E-state index contributed by atoms with van der Waals surface area (Å²) in [6.07, 6.45) is 1.78. The summed E-state index contributed by atoms with van der Waals surface area (Å²) >= 11 is 0. The van der Waals surface area contributed by atoms with E-state index in [4.69, 9.17) is 4.74 Å². The molecule has 1 aliphatic heterocycles. The maximum Gasteiger partial charge on any atom is 0.255 e. The van der Waals surface area contributed by atoms with Gasteiger partial charge in [-0.2, -0.15) is 0 Å². The molecule has 0 aromatic heterocycles. The van der Waals surface area contributed by atoms with Gasteiger partial charge in [0, 0.05) is 17.8 Å². The number of carbonyl (C=O) groups excluding carboxylic acids is 1. The summed E-state index contributed by atoms with van der Waals surface area (Å²) in [6, 6.07) is 20.0. The lowest BCUT2D eigenvalue weighted by Crippen LogP contribution is -2.27. The normalized spacial score (nSPS) is 13.1. The molecule has 0 spiro atoms. The second kappa shape index (κ2) is 7.84. The average Bonchev–Trinajstić information content (AvgIpc) is 3.15. The third-order valence-electron chi connectivity index (χ3n) is 5.03. The van der Waals surface area contributed by atoms with Crippen LogP contribution in [0.5, 0.6) is 11.5 Å². The van der Waals surface area contributed by atoms with Crippen molar-refractivity contribution >= 4 is 27.3 Å². The predicted octanol–water partition coefficient (Wildman–Crippen LogP) is 4.36. The molecule has 0 saturated heterocycles. The van der Waals surface area contributed by atoms with E-state index in [0.717, 1.165) is 16.9 Å². The van der Waals surface area contributed by atoms with E-state index >= 15 is 0 Å². The molecule has 6 nitrogen and oxygen atoms in total. The lowest BCUT2D eigenvalue weighted by molar-refractivity contribution is 0.102. The Kier molecular flexibility index (Phi) is 5.22. The first-order valence-electron chi connectivity index (χ1n) is 9.57. The highest BCUT2D eigenvalue weighted by Crippen LogP contribution is 2.31. The third-order valence-corrected chi connectivity index (χ3v) is 6.21. The smallest absolute Gasteiger partial charge is 0.255 e. The van der Waals surface area contributed by atoms with E-state index in [-0.39, 0.29) is 5.91 Å². The molecule has 7 heteroatoms. The van der Waals surface area contributed by atoms with E-state index in [0.29, 0.717) is 35.7 Å². The number of hydrogen-bond acceptors (Lipinski definition) is 4. The fourth-order valence-electron chi connectivity index (χ4n) is 3.46. The number of anilines is 2. The highest BCUT2D eigenvalue weighted by molar-refractivity contribution is 7.92. The Bertz CT molecular complexity index is 1200. The first kappa shape index (κ1) is 20.0. The van der Waals surface area contributed by atoms with Gasteiger partial charge in [0.25, 0.3) is 5.91 Å². The predicted molar refractivity (Wildman–Crippen MR) is 118 cm³/mol. The Morgan fingerprint density at radius 2 is 1.77 bits per heavy atom. The summed E-state index contributed by atoms with van der Waals surface area (Å²) in [6.45, 7) is 2.39. The maximum atomic E-state index is 12.6. The Labute approximate surface area is 176 Å². The minimum atomic E-state index is -3.31. The summed E-state index contributed by atoms with van der Waals surface area (Å²) in [5.74, 6) is 1.22. The van der Waals surface area contributed by atoms with Crippen LogP contribution in [0.3, 0.4) is 0 Å². The number of rotatable bonds is 5. The van der Waals surface area contributed by atoms with Crippen molar-refractivity contribution < 1.29 is 17.9 Å². The molecule has 1 N–H and O–H groups in total. The Morgan fingerprint density at radius 3 is 2.47 bits per heavy atom. The van der Waals surface area contributed by atoms with E-state index in [1.165, 1.54) is 10.6 Å². The van der Waals surface area contributed by atoms with Gasteiger partial charge in [-0.1, -0.05) is 18.2 Å². The van der Waals surface area contributed by atoms with Gasteiger partial charge in [-0.25, -0.2) is 8.42 Å². The van der Waals surface area contributed by atoms with Crippen LogP contribution < -0.4 is 14.4 Å². The SMILES string of the molecule is Cc1ccccc1Oc1ccc(NC(=O)c2ccc3c(c2)CCN3S(C)(=O)=O)cc1. The van der Waals surface area contributed by atoms with E-state index in [1.54, 1.807) is 42.5 Å². The summed E-state index contributed by atoms with van der Waals surface area (Å²) in [4.78, 5) is 12.6. The van der Waals surface area contributed by atoms with Crippen molar-refractivity contribution in [2.45, 2.75) is 13.3 Å². The van der Waals surface area contributed by atoms with E-state index in [9.17, 15) is 13.2 Å². The zero-order chi connectivity index (χ0) is 21.3. The number of carbonyl (C=O) groups is 1. The quantitative estimate of drug-likeness (QED) is 0.663. The molecule has 4 rings (SSSR count). The van der Waals surface area contributed by atoms with Crippen LogP contribution in [-0.2, 0) is 16.4 Å². The zero-order valence-electron chi connectivity index (χ0n) is 16.8. The highest BCUT2D eigenvalue weighted by Gasteiger charge is 2.26. The van der Waals surface area contributed by atoms with Crippen LogP contribution in [0.2, 0.25) is 0 Å². The summed E-state index contributed by atoms with van der Waals surface area (Å²) in [7, 11) is -3.31. The molecule has 154 valence electrons. The van der Waals surface area contributed by atoms with E-state index in [1.807, 2.05) is 31.2 Å². The molecule has 1 aliphatic rings. The average molecular weight is 423 g/mol. The van der Waals surface area contributed by atoms with Crippen LogP contribution in [0.1, 0.15) is 21.5 Å². The second-order valence-electron chi connectivity index (χ2n) is 7.27. The molecule has 1 heterocycles. The molecule has 3 aromatic carbocycles. The fourth-order valence-corrected chi connectivity index (χ4v) is 4.42. The molecule has 0 bridgehead atoms. The number of hydrogen-bond donors (Lipinski definition) is 1. The molecule has 0 saturated carbocycles. The molecular weight excluding hydrogens is 400 g/mol. The van der Waals surface area contributed by atoms with Gasteiger partial charge in [-0.3, -0.25) is 9.10 Å². The van der Waals surface area contributed by atoms with Crippen LogP contribution >= 0.6 is 0 Å². The van der Waals surface area contributed by atoms with Crippen molar-refractivity contribution in [1.82, 2.24) is 0 Å². The van der Waals surface area contributed by atoms with Gasteiger partial charge < -0.3 is 10.1 Å². The van der Waals surface area contributed by atoms with Gasteiger partial charge in [-0.15, -0.1) is 0 Å². The molecule has 0 aliphatic carbocycles. The number of nitrogens with one attached hydrogen (secondary N) is 1. The highest BCUT2D eigenvalue weighted by atomic mass is 32.2. The molecule has 1 amide bonds. The van der Waals surface area contributed by atoms with E-state index in [2.05, 4.69) is 5.32 Å². The number of nitrogens with zero attached hydrogens (tertiary/aromatic N) is 1. The largest absolute Gasteiger partial charge is 0.457 e. The van der Waals surface area contributed by atoms with E-state index < -0.39 is 10.0 Å². The number of amides is 1. The van der Waals surface area contributed by atoms with Gasteiger partial charge in [-0.05, 0) is 73.0 Å². The van der Waals surface area contributed by atoms with Gasteiger partial charge in [0.15, 0.2) is 0 Å². The van der Waals surface area contributed by atoms with Crippen molar-refractivity contribution in [3.63, 3.8) is 0 Å². The van der Waals surface area contributed by atoms with Crippen LogP contribution in [0.4, 0.5) is 11.4 Å². The van der Waals surface area contributed by atoms with Crippen molar-refractivity contribution in [2.75, 3.05) is 22.4 Å². The molecule has 0 unspecified atom stereocenters. The number of aryl methyl sites for hydroxylation is 1. The standard InChI is InChI=1S/C23H22N2O4S/c1-16-5-3-4-6-22(16)29-20-10-8-19(9-11-20)24-23(26)18-7-12-21-17(15-18)13-14-25(21)30(2,27)28/h3-12,15H,13-14H2,1-2H3,(H,24,26). The van der Waals surface area contributed by atoms with Crippen molar-refractivity contribution in [2.24, 2.45) is 0 Å². The lowest BCUT2D eigenvalue weighted by Gasteiger charge is -2.16. The van der Waals surface area contributed by atoms with Crippen LogP contribution in [0.15, 0.2) is 66.7 Å². The Morgan fingerprint density at radius 1 is 1.03 bits per heavy atom. The van der Waals surface area contributed by atoms with Crippen LogP contribution in [0, 0.1) is 6.92 Å². The minimum Gasteiger partial charge on any atom is -0.457 e. The number of sulfonamides is 1. The Hall–Kier alpha value is -3.32. The zero-order valence-corrected chi connectivity index (χ0v) is 17.6. The topological polar surface area (TPSA) is 75.7 Å².